The molecule has 14 nitrogen and oxygen atoms in total. The number of nitriles is 5. The molecule has 0 unspecified atom stereocenters. The van der Waals surface area contributed by atoms with Gasteiger partial charge >= 0.3 is 0 Å². The Bertz CT molecular complexity index is 11000. The summed E-state index contributed by atoms with van der Waals surface area (Å²) in [5, 5.41) is 70.6. The molecular formula is C131H76N14. The van der Waals surface area contributed by atoms with E-state index in [4.69, 9.17) is 0 Å². The van der Waals surface area contributed by atoms with Gasteiger partial charge < -0.3 is 41.1 Å². The fourth-order valence-corrected chi connectivity index (χ4v) is 23.6. The van der Waals surface area contributed by atoms with Gasteiger partial charge in [-0.15, -0.1) is 0 Å². The predicted octanol–water partition coefficient (Wildman–Crippen LogP) is 32.3. The summed E-state index contributed by atoms with van der Waals surface area (Å²) in [4.78, 5) is 0. The van der Waals surface area contributed by atoms with Gasteiger partial charge in [-0.1, -0.05) is 255 Å². The number of hydrogen-bond acceptors (Lipinski definition) is 5. The second-order valence-corrected chi connectivity index (χ2v) is 36.8. The van der Waals surface area contributed by atoms with Gasteiger partial charge in [0.05, 0.1) is 151 Å². The molecule has 0 fully saturated rings. The minimum Gasteiger partial charge on any atom is -0.309 e. The molecular weight excluding hydrogens is 1770 g/mol. The third-order valence-electron chi connectivity index (χ3n) is 29.4. The molecule has 0 spiro atoms. The third-order valence-corrected chi connectivity index (χ3v) is 29.4. The van der Waals surface area contributed by atoms with Gasteiger partial charge in [0.2, 0.25) is 0 Å². The smallest absolute Gasteiger partial charge is 0.101 e. The van der Waals surface area contributed by atoms with Crippen LogP contribution in [-0.2, 0) is 0 Å². The Morgan fingerprint density at radius 3 is 0.772 bits per heavy atom. The summed E-state index contributed by atoms with van der Waals surface area (Å²) in [7, 11) is 0. The lowest BCUT2D eigenvalue weighted by molar-refractivity contribution is 1.16. The van der Waals surface area contributed by atoms with Crippen molar-refractivity contribution in [2.75, 3.05) is 0 Å². The molecule has 0 amide bonds. The van der Waals surface area contributed by atoms with Crippen LogP contribution in [0.3, 0.4) is 0 Å². The van der Waals surface area contributed by atoms with Crippen molar-refractivity contribution in [3.8, 4) is 81.5 Å². The van der Waals surface area contributed by atoms with Gasteiger partial charge in [-0.2, -0.15) is 26.3 Å². The molecule has 30 aromatic rings. The van der Waals surface area contributed by atoms with Gasteiger partial charge in [0.1, 0.15) is 12.1 Å². The first-order valence-electron chi connectivity index (χ1n) is 48.3. The molecule has 0 atom stereocenters. The zero-order valence-electron chi connectivity index (χ0n) is 77.6. The van der Waals surface area contributed by atoms with Gasteiger partial charge in [0.25, 0.3) is 0 Å². The Morgan fingerprint density at radius 2 is 0.386 bits per heavy atom. The lowest BCUT2D eigenvalue weighted by Crippen LogP contribution is -1.97. The molecule has 0 aliphatic rings. The maximum atomic E-state index is 10.4. The molecule has 0 bridgehead atoms. The average molecular weight is 1850 g/mol. The van der Waals surface area contributed by atoms with Gasteiger partial charge in [0, 0.05) is 142 Å². The van der Waals surface area contributed by atoms with Crippen molar-refractivity contribution in [1.82, 2.24) is 41.1 Å². The lowest BCUT2D eigenvalue weighted by atomic mass is 10.1. The number of para-hydroxylation sites is 12. The molecule has 0 radical (unpaired) electrons. The van der Waals surface area contributed by atoms with E-state index in [1.54, 1.807) is 0 Å². The summed E-state index contributed by atoms with van der Waals surface area (Å²) >= 11 is 0. The van der Waals surface area contributed by atoms with Crippen LogP contribution in [0, 0.1) is 56.7 Å². The maximum absolute atomic E-state index is 10.4. The number of nitrogens with zero attached hydrogens (tertiary/aromatic N) is 14. The number of aromatic nitrogens is 9. The second kappa shape index (κ2) is 32.7. The van der Waals surface area contributed by atoms with Crippen molar-refractivity contribution >= 4 is 196 Å². The van der Waals surface area contributed by atoms with E-state index >= 15 is 0 Å². The highest BCUT2D eigenvalue weighted by molar-refractivity contribution is 6.36. The predicted molar refractivity (Wildman–Crippen MR) is 592 cm³/mol. The summed E-state index contributed by atoms with van der Waals surface area (Å²) < 4.78 is 21.1. The third kappa shape index (κ3) is 12.2. The number of benzene rings is 21. The fraction of sp³-hybridized carbons (Fsp3) is 0. The minimum atomic E-state index is 0.616. The summed E-state index contributed by atoms with van der Waals surface area (Å²) in [6.07, 6.45) is 0. The standard InChI is InChI=1S/2C44H25N5.C43H26N4/c45-26-28-11-9-17-32(25-28)47-37-20-8-7-18-35(37)40-38(47)23-21-33-34-22-24-39-41(44(34)49(43(33)40)31-15-5-2-6-16-31)36-19-10-12-29(27-46)42(36)48(39)30-13-3-1-4-14-30;45-26-28-15-18-32(19-16-28)49-43-33(21-23-38-41(43)35-13-7-8-14-37(35)47(38)30-9-3-1-4-10-30)34-22-24-39-42(44(34)49)36-20-17-29(27-46)25-40(36)48(39)31-11-5-2-6-12-31;44-27-28-13-7-10-20-35(28)47-37-22-12-9-19-34(37)41-39(47)26-24-32-31-23-25-38-40(42(31)46(43(32)41)30-16-5-2-6-17-30)33-18-8-11-21-36(33)45(38)29-14-3-1-4-15-29/h2*1-25H;1-26H. The Morgan fingerprint density at radius 1 is 0.131 bits per heavy atom. The zero-order chi connectivity index (χ0) is 96.3. The molecule has 30 rings (SSSR count). The SMILES string of the molecule is N#Cc1ccc(-n2c3c(ccc4c3c3ccccc3n4-c3ccccc3)c3ccc4c(c5ccc(C#N)cc5n4-c4ccccc4)c32)cc1.N#Cc1cccc(-n2c3ccccc3c3c2ccc2c4ccc5c(c6cccc(C#N)c6n5-c5ccccc5)c4n(-c4ccccc4)c23)c1.N#Cc1ccccc1-n1c2ccccc2c2c1ccc1c3ccc4c(c5ccccc5n4-c4ccccc4)c3n(-c3ccccc3)c12. The van der Waals surface area contributed by atoms with Crippen LogP contribution < -0.4 is 0 Å². The monoisotopic (exact) mass is 1840 g/mol. The highest BCUT2D eigenvalue weighted by atomic mass is 15.1. The van der Waals surface area contributed by atoms with Crippen LogP contribution >= 0.6 is 0 Å². The molecule has 0 saturated carbocycles. The molecule has 14 heteroatoms. The highest BCUT2D eigenvalue weighted by Gasteiger charge is 2.31. The van der Waals surface area contributed by atoms with Crippen LogP contribution in [-0.4, -0.2) is 41.1 Å². The molecule has 9 heterocycles. The normalized spacial score (nSPS) is 11.7. The Labute approximate surface area is 828 Å². The van der Waals surface area contributed by atoms with Crippen molar-refractivity contribution in [3.63, 3.8) is 0 Å². The molecule has 21 aromatic carbocycles. The molecule has 145 heavy (non-hydrogen) atoms. The first-order chi connectivity index (χ1) is 71.8. The van der Waals surface area contributed by atoms with E-state index in [0.717, 1.165) is 193 Å². The van der Waals surface area contributed by atoms with Crippen LogP contribution in [0.5, 0.6) is 0 Å². The number of hydrogen-bond donors (Lipinski definition) is 0. The molecule has 0 saturated heterocycles. The lowest BCUT2D eigenvalue weighted by Gasteiger charge is -2.11. The fourth-order valence-electron chi connectivity index (χ4n) is 23.6. The molecule has 0 N–H and O–H groups in total. The Kier molecular flexibility index (Phi) is 18.6. The van der Waals surface area contributed by atoms with Crippen LogP contribution in [0.25, 0.3) is 247 Å². The van der Waals surface area contributed by atoms with Crippen molar-refractivity contribution < 1.29 is 0 Å². The van der Waals surface area contributed by atoms with Gasteiger partial charge in [-0.3, -0.25) is 0 Å². The minimum absolute atomic E-state index is 0.616. The maximum Gasteiger partial charge on any atom is 0.101 e. The molecule has 9 aromatic heterocycles. The van der Waals surface area contributed by atoms with Crippen molar-refractivity contribution in [1.29, 1.82) is 26.3 Å². The van der Waals surface area contributed by atoms with E-state index in [9.17, 15) is 26.3 Å². The highest BCUT2D eigenvalue weighted by Crippen LogP contribution is 2.52. The van der Waals surface area contributed by atoms with Gasteiger partial charge in [-0.05, 0) is 206 Å². The van der Waals surface area contributed by atoms with Crippen LogP contribution in [0.4, 0.5) is 0 Å². The molecule has 670 valence electrons. The first kappa shape index (κ1) is 82.5. The van der Waals surface area contributed by atoms with Crippen molar-refractivity contribution in [2.45, 2.75) is 0 Å². The molecule has 0 aliphatic heterocycles. The largest absolute Gasteiger partial charge is 0.309 e. The van der Waals surface area contributed by atoms with Crippen LogP contribution in [0.15, 0.2) is 461 Å². The Hall–Kier alpha value is -20.7. The van der Waals surface area contributed by atoms with Gasteiger partial charge in [0.15, 0.2) is 0 Å². The Balaban J connectivity index is 0.000000106. The van der Waals surface area contributed by atoms with Crippen LogP contribution in [0.1, 0.15) is 27.8 Å². The summed E-state index contributed by atoms with van der Waals surface area (Å²) in [5.74, 6) is 0. The van der Waals surface area contributed by atoms with E-state index in [-0.39, 0.29) is 0 Å². The molecule has 0 aliphatic carbocycles. The van der Waals surface area contributed by atoms with Gasteiger partial charge in [-0.25, -0.2) is 0 Å². The summed E-state index contributed by atoms with van der Waals surface area (Å²) in [6.45, 7) is 0. The number of rotatable bonds is 9. The van der Waals surface area contributed by atoms with Crippen LogP contribution in [0.2, 0.25) is 0 Å². The van der Waals surface area contributed by atoms with Crippen molar-refractivity contribution in [3.05, 3.63) is 489 Å². The van der Waals surface area contributed by atoms with E-state index in [1.165, 1.54) is 54.3 Å². The van der Waals surface area contributed by atoms with E-state index in [2.05, 4.69) is 417 Å². The number of fused-ring (bicyclic) bond motifs is 33. The summed E-state index contributed by atoms with van der Waals surface area (Å²) in [5.41, 5.74) is 32.1. The van der Waals surface area contributed by atoms with E-state index in [0.29, 0.717) is 27.8 Å². The van der Waals surface area contributed by atoms with Crippen molar-refractivity contribution in [2.24, 2.45) is 0 Å². The zero-order valence-corrected chi connectivity index (χ0v) is 77.6. The topological polar surface area (TPSA) is 163 Å². The van der Waals surface area contributed by atoms with E-state index in [1.807, 2.05) is 115 Å². The first-order valence-corrected chi connectivity index (χ1v) is 48.3. The quantitative estimate of drug-likeness (QED) is 0.140. The summed E-state index contributed by atoms with van der Waals surface area (Å²) in [6, 6.07) is 172. The van der Waals surface area contributed by atoms with E-state index < -0.39 is 0 Å². The second-order valence-electron chi connectivity index (χ2n) is 36.8. The average Bonchev–Trinajstić information content (AvgIpc) is 1.56.